The zero-order valence-electron chi connectivity index (χ0n) is 20.9. The van der Waals surface area contributed by atoms with Crippen molar-refractivity contribution in [3.8, 4) is 34.2 Å². The molecule has 192 valence electrons. The zero-order valence-corrected chi connectivity index (χ0v) is 21.7. The van der Waals surface area contributed by atoms with Gasteiger partial charge >= 0.3 is 5.88 Å². The number of hydrogen-bond acceptors (Lipinski definition) is 9. The Morgan fingerprint density at radius 2 is 1.89 bits per heavy atom. The van der Waals surface area contributed by atoms with E-state index in [-0.39, 0.29) is 11.6 Å². The highest BCUT2D eigenvalue weighted by Crippen LogP contribution is 2.34. The van der Waals surface area contributed by atoms with Crippen molar-refractivity contribution in [2.75, 3.05) is 31.0 Å². The first kappa shape index (κ1) is 25.3. The van der Waals surface area contributed by atoms with E-state index < -0.39 is 5.90 Å². The van der Waals surface area contributed by atoms with E-state index in [1.165, 1.54) is 18.2 Å². The molecule has 2 aromatic carbocycles. The van der Waals surface area contributed by atoms with Gasteiger partial charge in [-0.25, -0.2) is 9.98 Å². The number of hydrogen-bond donors (Lipinski definition) is 0. The summed E-state index contributed by atoms with van der Waals surface area (Å²) in [6, 6.07) is 21.4. The van der Waals surface area contributed by atoms with Crippen LogP contribution in [0.2, 0.25) is 0 Å². The minimum Gasteiger partial charge on any atom is -0.861 e. The third-order valence-electron chi connectivity index (χ3n) is 6.20. The predicted molar refractivity (Wildman–Crippen MR) is 143 cm³/mol. The van der Waals surface area contributed by atoms with E-state index >= 15 is 0 Å². The van der Waals surface area contributed by atoms with Crippen LogP contribution >= 0.6 is 11.8 Å². The van der Waals surface area contributed by atoms with Crippen LogP contribution in [0.1, 0.15) is 24.8 Å². The van der Waals surface area contributed by atoms with Crippen molar-refractivity contribution in [3.63, 3.8) is 0 Å². The van der Waals surface area contributed by atoms with Crippen LogP contribution in [0.3, 0.4) is 0 Å². The number of nitriles is 1. The molecule has 1 saturated heterocycles. The van der Waals surface area contributed by atoms with Crippen molar-refractivity contribution < 1.29 is 19.2 Å². The van der Waals surface area contributed by atoms with E-state index in [1.54, 1.807) is 18.1 Å². The van der Waals surface area contributed by atoms with Crippen LogP contribution in [-0.2, 0) is 0 Å². The van der Waals surface area contributed by atoms with Gasteiger partial charge < -0.3 is 9.84 Å². The summed E-state index contributed by atoms with van der Waals surface area (Å²) in [4.78, 5) is 10.4. The average molecular weight is 527 g/mol. The Morgan fingerprint density at radius 1 is 1.13 bits per heavy atom. The van der Waals surface area contributed by atoms with Crippen LogP contribution in [0.4, 0.5) is 5.88 Å². The van der Waals surface area contributed by atoms with Crippen LogP contribution in [0.25, 0.3) is 22.4 Å². The van der Waals surface area contributed by atoms with Crippen molar-refractivity contribution in [3.05, 3.63) is 72.4 Å². The summed E-state index contributed by atoms with van der Waals surface area (Å²) < 4.78 is 10.5. The van der Waals surface area contributed by atoms with Gasteiger partial charge in [0.05, 0.1) is 36.2 Å². The number of nitrogens with zero attached hydrogens (tertiary/aromatic N) is 6. The van der Waals surface area contributed by atoms with Gasteiger partial charge in [-0.05, 0) is 48.9 Å². The molecule has 2 aromatic heterocycles. The number of rotatable bonds is 8. The van der Waals surface area contributed by atoms with Crippen LogP contribution in [-0.4, -0.2) is 42.1 Å². The first-order chi connectivity index (χ1) is 18.6. The maximum atomic E-state index is 12.7. The average Bonchev–Trinajstić information content (AvgIpc) is 3.45. The van der Waals surface area contributed by atoms with Gasteiger partial charge in [-0.2, -0.15) is 10.3 Å². The highest BCUT2D eigenvalue weighted by atomic mass is 32.2. The molecule has 0 atom stereocenters. The summed E-state index contributed by atoms with van der Waals surface area (Å²) in [5.41, 5.74) is 3.60. The van der Waals surface area contributed by atoms with Gasteiger partial charge in [0.1, 0.15) is 16.8 Å². The summed E-state index contributed by atoms with van der Waals surface area (Å²) >= 11 is 1.18. The number of pyridine rings is 1. The van der Waals surface area contributed by atoms with Gasteiger partial charge in [0, 0.05) is 16.9 Å². The lowest BCUT2D eigenvalue weighted by Crippen LogP contribution is -2.60. The molecule has 3 heterocycles. The first-order valence-electron chi connectivity index (χ1n) is 12.3. The van der Waals surface area contributed by atoms with Crippen LogP contribution in [0.5, 0.6) is 5.75 Å². The fourth-order valence-electron chi connectivity index (χ4n) is 4.27. The van der Waals surface area contributed by atoms with Crippen molar-refractivity contribution in [1.29, 1.82) is 5.26 Å². The molecule has 0 spiro atoms. The lowest BCUT2D eigenvalue weighted by atomic mass is 9.99. The molecule has 1 aliphatic rings. The Labute approximate surface area is 225 Å². The number of methoxy groups -OCH3 is 1. The van der Waals surface area contributed by atoms with Gasteiger partial charge in [0.2, 0.25) is 5.27 Å². The highest BCUT2D eigenvalue weighted by molar-refractivity contribution is 8.00. The number of aromatic nitrogens is 3. The lowest BCUT2D eigenvalue weighted by Gasteiger charge is -2.17. The molecule has 1 aliphatic heterocycles. The number of ether oxygens (including phenoxy) is 1. The van der Waals surface area contributed by atoms with E-state index in [1.807, 2.05) is 60.7 Å². The second kappa shape index (κ2) is 11.8. The summed E-state index contributed by atoms with van der Waals surface area (Å²) in [6.07, 6.45) is 5.00. The molecule has 5 rings (SSSR count). The number of piperidine rings is 1. The lowest BCUT2D eigenvalue weighted by molar-refractivity contribution is -0.759. The van der Waals surface area contributed by atoms with E-state index in [0.717, 1.165) is 48.4 Å². The number of benzene rings is 2. The SMILES string of the molecule is COc1ccc(-c2cc(-c3ccccc3)nc(SC/C([O-])=N/c3c[n+](N4CCCCC4)no3)c2C#N)cc1. The van der Waals surface area contributed by atoms with Gasteiger partial charge in [0.15, 0.2) is 0 Å². The third kappa shape index (κ3) is 5.79. The molecule has 0 unspecified atom stereocenters. The number of aliphatic imine (C=N–C) groups is 1. The maximum absolute atomic E-state index is 12.7. The molecular formula is C28H26N6O3S. The second-order valence-electron chi connectivity index (χ2n) is 8.71. The van der Waals surface area contributed by atoms with E-state index in [9.17, 15) is 10.4 Å². The molecule has 0 bridgehead atoms. The molecule has 1 fully saturated rings. The second-order valence-corrected chi connectivity index (χ2v) is 9.67. The molecule has 0 amide bonds. The first-order valence-corrected chi connectivity index (χ1v) is 13.3. The largest absolute Gasteiger partial charge is 0.861 e. The molecule has 0 radical (unpaired) electrons. The van der Waals surface area contributed by atoms with Crippen molar-refractivity contribution in [2.45, 2.75) is 24.3 Å². The molecular weight excluding hydrogens is 500 g/mol. The van der Waals surface area contributed by atoms with Crippen molar-refractivity contribution in [1.82, 2.24) is 10.3 Å². The van der Waals surface area contributed by atoms with Gasteiger partial charge in [-0.1, -0.05) is 54.2 Å². The molecule has 0 saturated carbocycles. The highest BCUT2D eigenvalue weighted by Gasteiger charge is 2.22. The fourth-order valence-corrected chi connectivity index (χ4v) is 5.06. The minimum absolute atomic E-state index is 0.00755. The van der Waals surface area contributed by atoms with E-state index in [4.69, 9.17) is 14.2 Å². The van der Waals surface area contributed by atoms with Gasteiger partial charge in [-0.3, -0.25) is 4.52 Å². The summed E-state index contributed by atoms with van der Waals surface area (Å²) in [6.45, 7) is 1.77. The van der Waals surface area contributed by atoms with Crippen LogP contribution in [0, 0.1) is 11.3 Å². The third-order valence-corrected chi connectivity index (χ3v) is 7.16. The van der Waals surface area contributed by atoms with Crippen molar-refractivity contribution in [2.24, 2.45) is 4.99 Å². The quantitative estimate of drug-likeness (QED) is 0.147. The van der Waals surface area contributed by atoms with Crippen LogP contribution < -0.4 is 19.6 Å². The monoisotopic (exact) mass is 526 g/mol. The normalized spacial score (nSPS) is 13.8. The van der Waals surface area contributed by atoms with E-state index in [0.29, 0.717) is 16.3 Å². The Kier molecular flexibility index (Phi) is 7.85. The summed E-state index contributed by atoms with van der Waals surface area (Å²) in [5.74, 6) is 0.456. The Morgan fingerprint density at radius 3 is 2.61 bits per heavy atom. The molecule has 0 N–H and O–H groups in total. The summed E-state index contributed by atoms with van der Waals surface area (Å²) in [5, 5.41) is 29.3. The Bertz CT molecular complexity index is 1460. The fraction of sp³-hybridized carbons (Fsp3) is 0.250. The topological polar surface area (TPSA) is 114 Å². The Hall–Kier alpha value is -4.36. The zero-order chi connectivity index (χ0) is 26.3. The molecule has 38 heavy (non-hydrogen) atoms. The molecule has 4 aromatic rings. The van der Waals surface area contributed by atoms with E-state index in [2.05, 4.69) is 21.3 Å². The minimum atomic E-state index is -0.404. The smallest absolute Gasteiger partial charge is 0.324 e. The maximum Gasteiger partial charge on any atom is 0.324 e. The summed E-state index contributed by atoms with van der Waals surface area (Å²) in [7, 11) is 1.61. The standard InChI is InChI=1S/C28H26N6O3S/c1-36-22-12-10-20(11-13-22)23-16-25(21-8-4-2-5-9-21)30-28(24(23)17-29)38-19-26(35)31-27-18-34(32-37-27)33-14-6-3-7-15-33/h2,4-5,8-13,16,18H,3,6-7,14-15,19H2,1H3. The van der Waals surface area contributed by atoms with Gasteiger partial charge in [0.25, 0.3) is 6.20 Å². The van der Waals surface area contributed by atoms with Crippen molar-refractivity contribution >= 4 is 23.5 Å². The molecule has 10 heteroatoms. The number of thioether (sulfide) groups is 1. The predicted octanol–water partition coefficient (Wildman–Crippen LogP) is 3.88. The molecule has 9 nitrogen and oxygen atoms in total. The van der Waals surface area contributed by atoms with Gasteiger partial charge in [-0.15, -0.1) is 0 Å². The Balaban J connectivity index is 1.42. The van der Waals surface area contributed by atoms with Crippen LogP contribution in [0.15, 0.2) is 81.4 Å². The molecule has 0 aliphatic carbocycles.